The highest BCUT2D eigenvalue weighted by Crippen LogP contribution is 2.17. The minimum Gasteiger partial charge on any atom is -0.338 e. The molecule has 1 heterocycles. The Bertz CT molecular complexity index is 444. The van der Waals surface area contributed by atoms with Gasteiger partial charge < -0.3 is 16.0 Å². The molecule has 3 amide bonds. The van der Waals surface area contributed by atoms with Gasteiger partial charge in [0.05, 0.1) is 0 Å². The van der Waals surface area contributed by atoms with Crippen molar-refractivity contribution >= 4 is 28.4 Å². The van der Waals surface area contributed by atoms with Gasteiger partial charge in [-0.05, 0) is 19.3 Å². The fourth-order valence-electron chi connectivity index (χ4n) is 2.40. The standard InChI is InChI=1S/C14H22N4O2S/c19-12(18-14-16-9-10-21-14)7-4-8-15-13(20)17-11-5-2-1-3-6-11/h9-11H,1-8H2,(H2,15,17,20)(H,16,18,19). The van der Waals surface area contributed by atoms with E-state index >= 15 is 0 Å². The molecule has 21 heavy (non-hydrogen) atoms. The summed E-state index contributed by atoms with van der Waals surface area (Å²) in [5.41, 5.74) is 0. The highest BCUT2D eigenvalue weighted by atomic mass is 32.1. The maximum atomic E-state index is 11.7. The van der Waals surface area contributed by atoms with Crippen molar-refractivity contribution in [1.29, 1.82) is 0 Å². The van der Waals surface area contributed by atoms with E-state index in [9.17, 15) is 9.59 Å². The number of aromatic nitrogens is 1. The zero-order valence-electron chi connectivity index (χ0n) is 12.1. The van der Waals surface area contributed by atoms with E-state index < -0.39 is 0 Å². The Hall–Kier alpha value is -1.63. The van der Waals surface area contributed by atoms with Gasteiger partial charge in [-0.3, -0.25) is 4.79 Å². The van der Waals surface area contributed by atoms with Crippen LogP contribution in [-0.2, 0) is 4.79 Å². The fraction of sp³-hybridized carbons (Fsp3) is 0.643. The number of rotatable bonds is 6. The van der Waals surface area contributed by atoms with Crippen LogP contribution >= 0.6 is 11.3 Å². The van der Waals surface area contributed by atoms with Crippen molar-refractivity contribution < 1.29 is 9.59 Å². The molecule has 0 atom stereocenters. The molecule has 0 aliphatic heterocycles. The Morgan fingerprint density at radius 3 is 2.81 bits per heavy atom. The van der Waals surface area contributed by atoms with Crippen molar-refractivity contribution in [2.24, 2.45) is 0 Å². The number of urea groups is 1. The van der Waals surface area contributed by atoms with Gasteiger partial charge >= 0.3 is 6.03 Å². The van der Waals surface area contributed by atoms with E-state index in [-0.39, 0.29) is 11.9 Å². The van der Waals surface area contributed by atoms with Crippen molar-refractivity contribution in [3.63, 3.8) is 0 Å². The van der Waals surface area contributed by atoms with Gasteiger partial charge in [-0.25, -0.2) is 9.78 Å². The van der Waals surface area contributed by atoms with Crippen molar-refractivity contribution in [2.75, 3.05) is 11.9 Å². The average molecular weight is 310 g/mol. The van der Waals surface area contributed by atoms with Crippen molar-refractivity contribution in [3.8, 4) is 0 Å². The van der Waals surface area contributed by atoms with Gasteiger partial charge in [0.25, 0.3) is 0 Å². The number of nitrogens with one attached hydrogen (secondary N) is 3. The van der Waals surface area contributed by atoms with Crippen LogP contribution in [0.3, 0.4) is 0 Å². The van der Waals surface area contributed by atoms with E-state index in [4.69, 9.17) is 0 Å². The third kappa shape index (κ3) is 6.12. The van der Waals surface area contributed by atoms with Gasteiger partial charge in [0.2, 0.25) is 5.91 Å². The fourth-order valence-corrected chi connectivity index (χ4v) is 2.95. The summed E-state index contributed by atoms with van der Waals surface area (Å²) >= 11 is 1.39. The Morgan fingerprint density at radius 1 is 1.29 bits per heavy atom. The monoisotopic (exact) mass is 310 g/mol. The molecule has 0 saturated heterocycles. The summed E-state index contributed by atoms with van der Waals surface area (Å²) in [5, 5.41) is 10.9. The lowest BCUT2D eigenvalue weighted by molar-refractivity contribution is -0.116. The maximum Gasteiger partial charge on any atom is 0.315 e. The zero-order valence-corrected chi connectivity index (χ0v) is 12.9. The van der Waals surface area contributed by atoms with Crippen LogP contribution in [0.15, 0.2) is 11.6 Å². The van der Waals surface area contributed by atoms with Gasteiger partial charge in [0.1, 0.15) is 0 Å². The topological polar surface area (TPSA) is 83.1 Å². The Balaban J connectivity index is 1.52. The van der Waals surface area contributed by atoms with Crippen molar-refractivity contribution in [2.45, 2.75) is 51.0 Å². The number of thiazole rings is 1. The molecule has 2 rings (SSSR count). The highest BCUT2D eigenvalue weighted by Gasteiger charge is 2.15. The molecular formula is C14H22N4O2S. The van der Waals surface area contributed by atoms with Crippen LogP contribution in [0.5, 0.6) is 0 Å². The number of amides is 3. The van der Waals surface area contributed by atoms with Crippen LogP contribution in [0.1, 0.15) is 44.9 Å². The maximum absolute atomic E-state index is 11.7. The smallest absolute Gasteiger partial charge is 0.315 e. The molecule has 0 bridgehead atoms. The number of nitrogens with zero attached hydrogens (tertiary/aromatic N) is 1. The molecule has 6 nitrogen and oxygen atoms in total. The number of carbonyl (C=O) groups excluding carboxylic acids is 2. The van der Waals surface area contributed by atoms with Crippen LogP contribution in [0.4, 0.5) is 9.93 Å². The first-order chi connectivity index (χ1) is 10.2. The number of carbonyl (C=O) groups is 2. The minimum absolute atomic E-state index is 0.0700. The minimum atomic E-state index is -0.123. The predicted octanol–water partition coefficient (Wildman–Crippen LogP) is 2.49. The van der Waals surface area contributed by atoms with Crippen LogP contribution in [0.25, 0.3) is 0 Å². The first-order valence-electron chi connectivity index (χ1n) is 7.48. The first-order valence-corrected chi connectivity index (χ1v) is 8.36. The molecule has 116 valence electrons. The normalized spacial score (nSPS) is 15.4. The lowest BCUT2D eigenvalue weighted by Crippen LogP contribution is -2.43. The molecule has 1 saturated carbocycles. The van der Waals surface area contributed by atoms with Gasteiger partial charge in [-0.1, -0.05) is 19.3 Å². The number of anilines is 1. The number of hydrogen-bond acceptors (Lipinski definition) is 4. The predicted molar refractivity (Wildman–Crippen MR) is 83.4 cm³/mol. The molecule has 7 heteroatoms. The summed E-state index contributed by atoms with van der Waals surface area (Å²) in [7, 11) is 0. The lowest BCUT2D eigenvalue weighted by atomic mass is 9.96. The van der Waals surface area contributed by atoms with Crippen LogP contribution in [0, 0.1) is 0 Å². The van der Waals surface area contributed by atoms with E-state index in [0.29, 0.717) is 30.6 Å². The van der Waals surface area contributed by atoms with Gasteiger partial charge in [-0.15, -0.1) is 11.3 Å². The van der Waals surface area contributed by atoms with Gasteiger partial charge in [0.15, 0.2) is 5.13 Å². The third-order valence-electron chi connectivity index (χ3n) is 3.49. The molecule has 0 unspecified atom stereocenters. The Kier molecular flexibility index (Phi) is 6.46. The van der Waals surface area contributed by atoms with E-state index in [2.05, 4.69) is 20.9 Å². The zero-order chi connectivity index (χ0) is 14.9. The van der Waals surface area contributed by atoms with Gasteiger partial charge in [0, 0.05) is 30.6 Å². The average Bonchev–Trinajstić information content (AvgIpc) is 2.97. The summed E-state index contributed by atoms with van der Waals surface area (Å²) in [6, 6.07) is 0.189. The molecule has 1 aliphatic rings. The van der Waals surface area contributed by atoms with Crippen LogP contribution in [-0.4, -0.2) is 29.5 Å². The number of hydrogen-bond donors (Lipinski definition) is 3. The molecule has 0 radical (unpaired) electrons. The second-order valence-electron chi connectivity index (χ2n) is 5.22. The van der Waals surface area contributed by atoms with Crippen molar-refractivity contribution in [3.05, 3.63) is 11.6 Å². The summed E-state index contributed by atoms with van der Waals surface area (Å²) in [4.78, 5) is 27.3. The highest BCUT2D eigenvalue weighted by molar-refractivity contribution is 7.13. The summed E-state index contributed by atoms with van der Waals surface area (Å²) < 4.78 is 0. The largest absolute Gasteiger partial charge is 0.338 e. The first kappa shape index (κ1) is 15.8. The molecule has 1 aromatic rings. The second kappa shape index (κ2) is 8.61. The molecule has 1 aromatic heterocycles. The summed E-state index contributed by atoms with van der Waals surface area (Å²) in [5.74, 6) is -0.0700. The van der Waals surface area contributed by atoms with E-state index in [1.165, 1.54) is 30.6 Å². The molecule has 3 N–H and O–H groups in total. The summed E-state index contributed by atoms with van der Waals surface area (Å²) in [6.07, 6.45) is 8.46. The summed E-state index contributed by atoms with van der Waals surface area (Å²) in [6.45, 7) is 0.504. The second-order valence-corrected chi connectivity index (χ2v) is 6.12. The van der Waals surface area contributed by atoms with Gasteiger partial charge in [-0.2, -0.15) is 0 Å². The third-order valence-corrected chi connectivity index (χ3v) is 4.17. The van der Waals surface area contributed by atoms with Crippen LogP contribution < -0.4 is 16.0 Å². The quantitative estimate of drug-likeness (QED) is 0.706. The van der Waals surface area contributed by atoms with E-state index in [1.54, 1.807) is 6.20 Å². The SMILES string of the molecule is O=C(CCCNC(=O)NC1CCCCC1)Nc1nccs1. The molecular weight excluding hydrogens is 288 g/mol. The lowest BCUT2D eigenvalue weighted by Gasteiger charge is -2.22. The molecule has 0 spiro atoms. The van der Waals surface area contributed by atoms with Crippen LogP contribution in [0.2, 0.25) is 0 Å². The Morgan fingerprint density at radius 2 is 2.10 bits per heavy atom. The van der Waals surface area contributed by atoms with E-state index in [0.717, 1.165) is 12.8 Å². The molecule has 1 aliphatic carbocycles. The molecule has 1 fully saturated rings. The Labute approximate surface area is 128 Å². The molecule has 0 aromatic carbocycles. The van der Waals surface area contributed by atoms with Crippen molar-refractivity contribution in [1.82, 2.24) is 15.6 Å². The van der Waals surface area contributed by atoms with E-state index in [1.807, 2.05) is 5.38 Å².